The molecule has 18 heavy (non-hydrogen) atoms. The van der Waals surface area contributed by atoms with E-state index in [4.69, 9.17) is 4.74 Å². The summed E-state index contributed by atoms with van der Waals surface area (Å²) in [5.41, 5.74) is 0. The number of carbonyl (C=O) groups excluding carboxylic acids is 1. The van der Waals surface area contributed by atoms with E-state index in [0.717, 1.165) is 18.8 Å². The van der Waals surface area contributed by atoms with Gasteiger partial charge in [0.25, 0.3) is 0 Å². The van der Waals surface area contributed by atoms with E-state index in [9.17, 15) is 4.79 Å². The monoisotopic (exact) mass is 316 g/mol. The molecule has 0 bridgehead atoms. The summed E-state index contributed by atoms with van der Waals surface area (Å²) in [7, 11) is 0. The molecule has 3 unspecified atom stereocenters. The van der Waals surface area contributed by atoms with Crippen LogP contribution in [0, 0.1) is 17.8 Å². The molecule has 2 rings (SSSR count). The van der Waals surface area contributed by atoms with Crippen LogP contribution in [0.25, 0.3) is 0 Å². The highest BCUT2D eigenvalue weighted by molar-refractivity contribution is 9.09. The Balaban J connectivity index is 1.88. The highest BCUT2D eigenvalue weighted by atomic mass is 79.9. The van der Waals surface area contributed by atoms with E-state index in [1.807, 2.05) is 0 Å². The molecule has 2 fully saturated rings. The smallest absolute Gasteiger partial charge is 0.309 e. The molecule has 0 aromatic heterocycles. The van der Waals surface area contributed by atoms with Crippen LogP contribution in [0.15, 0.2) is 0 Å². The summed E-state index contributed by atoms with van der Waals surface area (Å²) in [6.07, 6.45) is 8.84. The fourth-order valence-electron chi connectivity index (χ4n) is 3.29. The van der Waals surface area contributed by atoms with E-state index in [1.54, 1.807) is 0 Å². The molecule has 1 saturated heterocycles. The largest absolute Gasteiger partial charge is 0.461 e. The van der Waals surface area contributed by atoms with E-state index in [1.165, 1.54) is 32.1 Å². The summed E-state index contributed by atoms with van der Waals surface area (Å²) in [4.78, 5) is 12.3. The molecule has 3 heteroatoms. The van der Waals surface area contributed by atoms with Crippen molar-refractivity contribution in [1.29, 1.82) is 0 Å². The zero-order chi connectivity index (χ0) is 13.1. The third-order valence-electron chi connectivity index (χ3n) is 4.55. The van der Waals surface area contributed by atoms with Crippen molar-refractivity contribution in [2.24, 2.45) is 17.8 Å². The predicted octanol–water partition coefficient (Wildman–Crippen LogP) is 4.31. The second kappa shape index (κ2) is 6.40. The van der Waals surface area contributed by atoms with Crippen LogP contribution in [0.1, 0.15) is 58.8 Å². The minimum atomic E-state index is 0.0292. The summed E-state index contributed by atoms with van der Waals surface area (Å²) in [5, 5.41) is 0. The molecule has 0 radical (unpaired) electrons. The maximum absolute atomic E-state index is 12.0. The van der Waals surface area contributed by atoms with Gasteiger partial charge in [-0.15, -0.1) is 0 Å². The number of hydrogen-bond acceptors (Lipinski definition) is 2. The van der Waals surface area contributed by atoms with Crippen molar-refractivity contribution in [3.63, 3.8) is 0 Å². The first kappa shape index (κ1) is 14.4. The fraction of sp³-hybridized carbons (Fsp3) is 0.933. The van der Waals surface area contributed by atoms with E-state index in [-0.39, 0.29) is 18.0 Å². The normalized spacial score (nSPS) is 34.7. The highest BCUT2D eigenvalue weighted by Crippen LogP contribution is 2.36. The van der Waals surface area contributed by atoms with Gasteiger partial charge >= 0.3 is 5.97 Å². The van der Waals surface area contributed by atoms with Crippen molar-refractivity contribution in [3.8, 4) is 0 Å². The van der Waals surface area contributed by atoms with Crippen LogP contribution in [-0.2, 0) is 9.53 Å². The standard InChI is InChI=1S/C15H25BrO2/c1-10(2)12-9-13(16)14(18-15(12)17)8-11-6-4-3-5-7-11/h10-14H,3-9H2,1-2H3. The van der Waals surface area contributed by atoms with Crippen LogP contribution in [0.5, 0.6) is 0 Å². The van der Waals surface area contributed by atoms with Crippen LogP contribution < -0.4 is 0 Å². The molecule has 2 nitrogen and oxygen atoms in total. The highest BCUT2D eigenvalue weighted by Gasteiger charge is 2.38. The Morgan fingerprint density at radius 3 is 2.56 bits per heavy atom. The van der Waals surface area contributed by atoms with Crippen molar-refractivity contribution in [2.75, 3.05) is 0 Å². The second-order valence-electron chi connectivity index (χ2n) is 6.32. The van der Waals surface area contributed by atoms with Crippen molar-refractivity contribution in [2.45, 2.75) is 69.7 Å². The summed E-state index contributed by atoms with van der Waals surface area (Å²) in [5.74, 6) is 1.26. The molecule has 0 aromatic rings. The van der Waals surface area contributed by atoms with Gasteiger partial charge < -0.3 is 4.74 Å². The minimum absolute atomic E-state index is 0.0292. The van der Waals surface area contributed by atoms with Gasteiger partial charge in [0, 0.05) is 0 Å². The molecule has 1 aliphatic carbocycles. The van der Waals surface area contributed by atoms with Gasteiger partial charge in [-0.25, -0.2) is 0 Å². The van der Waals surface area contributed by atoms with Gasteiger partial charge in [0.1, 0.15) is 6.10 Å². The maximum atomic E-state index is 12.0. The van der Waals surface area contributed by atoms with Gasteiger partial charge in [-0.2, -0.15) is 0 Å². The third kappa shape index (κ3) is 3.49. The Hall–Kier alpha value is -0.0500. The SMILES string of the molecule is CC(C)C1CC(Br)C(CC2CCCCC2)OC1=O. The summed E-state index contributed by atoms with van der Waals surface area (Å²) in [6.45, 7) is 4.21. The lowest BCUT2D eigenvalue weighted by atomic mass is 9.82. The van der Waals surface area contributed by atoms with Gasteiger partial charge in [-0.1, -0.05) is 61.9 Å². The average Bonchev–Trinajstić information content (AvgIpc) is 2.34. The molecule has 0 spiro atoms. The molecule has 1 saturated carbocycles. The molecule has 0 amide bonds. The predicted molar refractivity (Wildman–Crippen MR) is 76.7 cm³/mol. The van der Waals surface area contributed by atoms with E-state index >= 15 is 0 Å². The maximum Gasteiger partial charge on any atom is 0.309 e. The van der Waals surface area contributed by atoms with Crippen molar-refractivity contribution >= 4 is 21.9 Å². The Morgan fingerprint density at radius 2 is 1.94 bits per heavy atom. The van der Waals surface area contributed by atoms with E-state index < -0.39 is 0 Å². The number of ether oxygens (including phenoxy) is 1. The van der Waals surface area contributed by atoms with Crippen molar-refractivity contribution in [1.82, 2.24) is 0 Å². The summed E-state index contributed by atoms with van der Waals surface area (Å²) in [6, 6.07) is 0. The van der Waals surface area contributed by atoms with Gasteiger partial charge in [0.2, 0.25) is 0 Å². The van der Waals surface area contributed by atoms with Crippen molar-refractivity contribution in [3.05, 3.63) is 0 Å². The van der Waals surface area contributed by atoms with Gasteiger partial charge in [0.05, 0.1) is 10.7 Å². The molecular weight excluding hydrogens is 292 g/mol. The number of cyclic esters (lactones) is 1. The molecule has 104 valence electrons. The lowest BCUT2D eigenvalue weighted by Crippen LogP contribution is -2.41. The number of halogens is 1. The van der Waals surface area contributed by atoms with Crippen LogP contribution in [0.3, 0.4) is 0 Å². The van der Waals surface area contributed by atoms with Crippen LogP contribution >= 0.6 is 15.9 Å². The first-order valence-electron chi connectivity index (χ1n) is 7.42. The number of esters is 1. The van der Waals surface area contributed by atoms with E-state index in [0.29, 0.717) is 10.7 Å². The topological polar surface area (TPSA) is 26.3 Å². The molecule has 1 heterocycles. The lowest BCUT2D eigenvalue weighted by molar-refractivity contribution is -0.162. The number of hydrogen-bond donors (Lipinski definition) is 0. The molecule has 1 aliphatic heterocycles. The first-order valence-corrected chi connectivity index (χ1v) is 8.34. The van der Waals surface area contributed by atoms with Crippen LogP contribution in [-0.4, -0.2) is 16.9 Å². The molecule has 3 atom stereocenters. The second-order valence-corrected chi connectivity index (χ2v) is 7.49. The Bertz CT molecular complexity index is 284. The Morgan fingerprint density at radius 1 is 1.28 bits per heavy atom. The first-order chi connectivity index (χ1) is 8.58. The zero-order valence-corrected chi connectivity index (χ0v) is 13.1. The van der Waals surface area contributed by atoms with Crippen LogP contribution in [0.4, 0.5) is 0 Å². The summed E-state index contributed by atoms with van der Waals surface area (Å²) < 4.78 is 5.69. The molecule has 0 aromatic carbocycles. The zero-order valence-electron chi connectivity index (χ0n) is 11.5. The molecule has 0 N–H and O–H groups in total. The molecular formula is C15H25BrO2. The average molecular weight is 317 g/mol. The molecule has 2 aliphatic rings. The van der Waals surface area contributed by atoms with Crippen LogP contribution in [0.2, 0.25) is 0 Å². The fourth-order valence-corrected chi connectivity index (χ4v) is 4.02. The minimum Gasteiger partial charge on any atom is -0.461 e. The van der Waals surface area contributed by atoms with Crippen molar-refractivity contribution < 1.29 is 9.53 Å². The Kier molecular flexibility index (Phi) is 5.11. The van der Waals surface area contributed by atoms with E-state index in [2.05, 4.69) is 29.8 Å². The van der Waals surface area contributed by atoms with Gasteiger partial charge in [-0.3, -0.25) is 4.79 Å². The van der Waals surface area contributed by atoms with Gasteiger partial charge in [0.15, 0.2) is 0 Å². The van der Waals surface area contributed by atoms with Gasteiger partial charge in [-0.05, 0) is 24.7 Å². The Labute approximate surface area is 119 Å². The number of carbonyl (C=O) groups is 1. The number of alkyl halides is 1. The summed E-state index contributed by atoms with van der Waals surface area (Å²) >= 11 is 3.74. The third-order valence-corrected chi connectivity index (χ3v) is 5.51. The quantitative estimate of drug-likeness (QED) is 0.573. The number of rotatable bonds is 3. The lowest BCUT2D eigenvalue weighted by Gasteiger charge is -2.36.